The average molecular weight is 215 g/mol. The fourth-order valence-electron chi connectivity index (χ4n) is 1.54. The van der Waals surface area contributed by atoms with E-state index in [9.17, 15) is 9.59 Å². The van der Waals surface area contributed by atoms with Crippen LogP contribution >= 0.6 is 0 Å². The van der Waals surface area contributed by atoms with Crippen molar-refractivity contribution < 1.29 is 19.4 Å². The van der Waals surface area contributed by atoms with E-state index in [1.807, 2.05) is 0 Å². The number of ether oxygens (including phenoxy) is 1. The highest BCUT2D eigenvalue weighted by Gasteiger charge is 2.52. The van der Waals surface area contributed by atoms with E-state index in [4.69, 9.17) is 15.6 Å². The van der Waals surface area contributed by atoms with Crippen molar-refractivity contribution in [1.82, 2.24) is 0 Å². The van der Waals surface area contributed by atoms with Crippen LogP contribution in [0.25, 0.3) is 0 Å². The lowest BCUT2D eigenvalue weighted by molar-refractivity contribution is -0.170. The summed E-state index contributed by atoms with van der Waals surface area (Å²) < 4.78 is 5.12. The van der Waals surface area contributed by atoms with E-state index in [0.717, 1.165) is 0 Å². The van der Waals surface area contributed by atoms with Gasteiger partial charge in [0, 0.05) is 0 Å². The van der Waals surface area contributed by atoms with Gasteiger partial charge in [0.15, 0.2) is 0 Å². The van der Waals surface area contributed by atoms with E-state index in [1.54, 1.807) is 20.8 Å². The number of hydrogen-bond donors (Lipinski definition) is 2. The Morgan fingerprint density at radius 3 is 2.20 bits per heavy atom. The first-order valence-corrected chi connectivity index (χ1v) is 4.89. The van der Waals surface area contributed by atoms with Crippen LogP contribution in [0.5, 0.6) is 0 Å². The first kappa shape index (κ1) is 12.0. The van der Waals surface area contributed by atoms with Gasteiger partial charge in [-0.05, 0) is 33.6 Å². The van der Waals surface area contributed by atoms with Gasteiger partial charge in [-0.1, -0.05) is 0 Å². The standard InChI is InChI=1S/C10H17NO4/c1-9(2,3)15-8(14)10(11)4-6(5-10)7(12)13/h6H,4-5,11H2,1-3H3,(H,12,13). The van der Waals surface area contributed by atoms with Crippen molar-refractivity contribution in [3.63, 3.8) is 0 Å². The summed E-state index contributed by atoms with van der Waals surface area (Å²) in [5, 5.41) is 8.67. The average Bonchev–Trinajstić information content (AvgIpc) is 1.94. The van der Waals surface area contributed by atoms with Crippen LogP contribution in [0.2, 0.25) is 0 Å². The fraction of sp³-hybridized carbons (Fsp3) is 0.800. The Kier molecular flexibility index (Phi) is 2.78. The Hall–Kier alpha value is -1.10. The van der Waals surface area contributed by atoms with Crippen LogP contribution in [-0.2, 0) is 14.3 Å². The summed E-state index contributed by atoms with van der Waals surface area (Å²) in [7, 11) is 0. The summed E-state index contributed by atoms with van der Waals surface area (Å²) in [5.41, 5.74) is 4.06. The molecule has 0 aromatic rings. The zero-order chi connectivity index (χ0) is 11.9. The fourth-order valence-corrected chi connectivity index (χ4v) is 1.54. The summed E-state index contributed by atoms with van der Waals surface area (Å²) in [6.45, 7) is 5.25. The third kappa shape index (κ3) is 2.68. The number of carbonyl (C=O) groups is 2. The molecule has 0 bridgehead atoms. The third-order valence-corrected chi connectivity index (χ3v) is 2.38. The van der Waals surface area contributed by atoms with Crippen molar-refractivity contribution in [2.75, 3.05) is 0 Å². The van der Waals surface area contributed by atoms with Crippen molar-refractivity contribution in [1.29, 1.82) is 0 Å². The SMILES string of the molecule is CC(C)(C)OC(=O)C1(N)CC(C(=O)O)C1. The summed E-state index contributed by atoms with van der Waals surface area (Å²) >= 11 is 0. The van der Waals surface area contributed by atoms with Crippen molar-refractivity contribution in [3.05, 3.63) is 0 Å². The van der Waals surface area contributed by atoms with Crippen LogP contribution in [0.15, 0.2) is 0 Å². The molecule has 3 N–H and O–H groups in total. The van der Waals surface area contributed by atoms with Crippen LogP contribution in [0.4, 0.5) is 0 Å². The molecular formula is C10H17NO4. The molecule has 0 heterocycles. The van der Waals surface area contributed by atoms with E-state index in [2.05, 4.69) is 0 Å². The zero-order valence-corrected chi connectivity index (χ0v) is 9.24. The summed E-state index contributed by atoms with van der Waals surface area (Å²) in [4.78, 5) is 22.2. The van der Waals surface area contributed by atoms with Crippen LogP contribution in [0.3, 0.4) is 0 Å². The first-order valence-electron chi connectivity index (χ1n) is 4.89. The van der Waals surface area contributed by atoms with Gasteiger partial charge in [0.1, 0.15) is 11.1 Å². The smallest absolute Gasteiger partial charge is 0.326 e. The minimum atomic E-state index is -1.10. The van der Waals surface area contributed by atoms with Crippen LogP contribution in [0, 0.1) is 5.92 Å². The van der Waals surface area contributed by atoms with Gasteiger partial charge in [-0.2, -0.15) is 0 Å². The molecule has 1 rings (SSSR count). The molecule has 1 saturated carbocycles. The van der Waals surface area contributed by atoms with Crippen LogP contribution in [-0.4, -0.2) is 28.2 Å². The van der Waals surface area contributed by atoms with Gasteiger partial charge < -0.3 is 15.6 Å². The van der Waals surface area contributed by atoms with Gasteiger partial charge in [-0.25, -0.2) is 0 Å². The lowest BCUT2D eigenvalue weighted by atomic mass is 9.69. The molecule has 5 nitrogen and oxygen atoms in total. The van der Waals surface area contributed by atoms with E-state index >= 15 is 0 Å². The van der Waals surface area contributed by atoms with Crippen molar-refractivity contribution in [2.24, 2.45) is 11.7 Å². The van der Waals surface area contributed by atoms with Crippen molar-refractivity contribution in [3.8, 4) is 0 Å². The predicted octanol–water partition coefficient (Wildman–Crippen LogP) is 0.520. The van der Waals surface area contributed by atoms with E-state index in [1.165, 1.54) is 0 Å². The van der Waals surface area contributed by atoms with Crippen LogP contribution < -0.4 is 5.73 Å². The number of aliphatic carboxylic acids is 1. The molecule has 0 unspecified atom stereocenters. The molecule has 0 amide bonds. The highest BCUT2D eigenvalue weighted by atomic mass is 16.6. The minimum Gasteiger partial charge on any atom is -0.481 e. The van der Waals surface area contributed by atoms with Gasteiger partial charge >= 0.3 is 11.9 Å². The van der Waals surface area contributed by atoms with E-state index in [-0.39, 0.29) is 12.8 Å². The largest absolute Gasteiger partial charge is 0.481 e. The zero-order valence-electron chi connectivity index (χ0n) is 9.24. The Morgan fingerprint density at radius 2 is 1.87 bits per heavy atom. The topological polar surface area (TPSA) is 89.6 Å². The Labute approximate surface area is 88.6 Å². The van der Waals surface area contributed by atoms with Crippen LogP contribution in [0.1, 0.15) is 33.6 Å². The summed E-state index contributed by atoms with van der Waals surface area (Å²) in [5.74, 6) is -1.92. The Bertz CT molecular complexity index is 286. The highest BCUT2D eigenvalue weighted by molar-refractivity contribution is 5.86. The summed E-state index contributed by atoms with van der Waals surface area (Å²) in [6.07, 6.45) is 0.328. The van der Waals surface area contributed by atoms with E-state index < -0.39 is 29.0 Å². The molecular weight excluding hydrogens is 198 g/mol. The van der Waals surface area contributed by atoms with E-state index in [0.29, 0.717) is 0 Å². The molecule has 1 fully saturated rings. The normalized spacial score (nSPS) is 30.5. The van der Waals surface area contributed by atoms with Crippen molar-refractivity contribution in [2.45, 2.75) is 44.8 Å². The van der Waals surface area contributed by atoms with Gasteiger partial charge in [-0.3, -0.25) is 9.59 Å². The lowest BCUT2D eigenvalue weighted by Crippen LogP contribution is -2.61. The third-order valence-electron chi connectivity index (χ3n) is 2.38. The van der Waals surface area contributed by atoms with Gasteiger partial charge in [0.05, 0.1) is 5.92 Å². The second-order valence-electron chi connectivity index (χ2n) is 5.10. The first-order chi connectivity index (χ1) is 6.64. The Balaban J connectivity index is 2.53. The molecule has 0 atom stereocenters. The molecule has 1 aliphatic carbocycles. The second-order valence-corrected chi connectivity index (χ2v) is 5.10. The molecule has 15 heavy (non-hydrogen) atoms. The number of carbonyl (C=O) groups excluding carboxylic acids is 1. The maximum absolute atomic E-state index is 11.6. The Morgan fingerprint density at radius 1 is 1.40 bits per heavy atom. The number of hydrogen-bond acceptors (Lipinski definition) is 4. The lowest BCUT2D eigenvalue weighted by Gasteiger charge is -2.41. The predicted molar refractivity (Wildman–Crippen MR) is 53.1 cm³/mol. The molecule has 0 saturated heterocycles. The number of carboxylic acid groups (broad SMARTS) is 1. The van der Waals surface area contributed by atoms with Crippen molar-refractivity contribution >= 4 is 11.9 Å². The molecule has 0 aromatic carbocycles. The monoisotopic (exact) mass is 215 g/mol. The number of esters is 1. The maximum atomic E-state index is 11.6. The molecule has 0 spiro atoms. The van der Waals surface area contributed by atoms with Gasteiger partial charge in [-0.15, -0.1) is 0 Å². The van der Waals surface area contributed by atoms with Gasteiger partial charge in [0.2, 0.25) is 0 Å². The minimum absolute atomic E-state index is 0.164. The quantitative estimate of drug-likeness (QED) is 0.655. The number of carboxylic acids is 1. The number of rotatable bonds is 2. The number of nitrogens with two attached hydrogens (primary N) is 1. The molecule has 0 aromatic heterocycles. The van der Waals surface area contributed by atoms with Gasteiger partial charge in [0.25, 0.3) is 0 Å². The molecule has 1 aliphatic rings. The molecule has 5 heteroatoms. The molecule has 86 valence electrons. The highest BCUT2D eigenvalue weighted by Crippen LogP contribution is 2.37. The maximum Gasteiger partial charge on any atom is 0.326 e. The molecule has 0 radical (unpaired) electrons. The molecule has 0 aliphatic heterocycles. The second kappa shape index (κ2) is 3.48. The summed E-state index contributed by atoms with van der Waals surface area (Å²) in [6, 6.07) is 0.